The van der Waals surface area contributed by atoms with Gasteiger partial charge in [0.15, 0.2) is 0 Å². The molecule has 1 unspecified atom stereocenters. The topological polar surface area (TPSA) is 29.9 Å². The van der Waals surface area contributed by atoms with Gasteiger partial charge in [0.2, 0.25) is 0 Å². The predicted octanol–water partition coefficient (Wildman–Crippen LogP) is 4.53. The van der Waals surface area contributed by atoms with Gasteiger partial charge in [-0.2, -0.15) is 5.10 Å². The average Bonchev–Trinajstić information content (AvgIpc) is 2.69. The predicted molar refractivity (Wildman–Crippen MR) is 80.5 cm³/mol. The van der Waals surface area contributed by atoms with Gasteiger partial charge in [-0.05, 0) is 52.8 Å². The lowest BCUT2D eigenvalue weighted by molar-refractivity contribution is 0.516. The van der Waals surface area contributed by atoms with Gasteiger partial charge in [-0.3, -0.25) is 4.68 Å². The average molecular weight is 293 g/mol. The highest BCUT2D eigenvalue weighted by Gasteiger charge is 2.18. The van der Waals surface area contributed by atoms with E-state index >= 15 is 0 Å². The molecule has 0 aliphatic heterocycles. The Kier molecular flexibility index (Phi) is 4.30. The minimum Gasteiger partial charge on any atom is -0.375 e. The maximum Gasteiger partial charge on any atom is 0.128 e. The molecule has 0 amide bonds. The first-order chi connectivity index (χ1) is 9.81. The molecule has 0 saturated carbocycles. The molecule has 0 aliphatic carbocycles. The second kappa shape index (κ2) is 5.84. The fourth-order valence-corrected chi connectivity index (χ4v) is 2.52. The van der Waals surface area contributed by atoms with E-state index in [1.165, 1.54) is 6.07 Å². The highest BCUT2D eigenvalue weighted by molar-refractivity contribution is 5.53. The van der Waals surface area contributed by atoms with Crippen molar-refractivity contribution in [2.24, 2.45) is 0 Å². The van der Waals surface area contributed by atoms with Crippen molar-refractivity contribution in [3.63, 3.8) is 0 Å². The fraction of sp³-hybridized carbons (Fsp3) is 0.438. The largest absolute Gasteiger partial charge is 0.375 e. The van der Waals surface area contributed by atoms with E-state index in [2.05, 4.69) is 24.3 Å². The van der Waals surface area contributed by atoms with E-state index in [1.807, 2.05) is 25.5 Å². The third kappa shape index (κ3) is 3.06. The zero-order chi connectivity index (χ0) is 15.7. The molecule has 0 fully saturated rings. The van der Waals surface area contributed by atoms with Crippen LogP contribution in [0.3, 0.4) is 0 Å². The van der Waals surface area contributed by atoms with Crippen LogP contribution in [-0.4, -0.2) is 9.78 Å². The Morgan fingerprint density at radius 3 is 2.38 bits per heavy atom. The van der Waals surface area contributed by atoms with Crippen molar-refractivity contribution in [2.75, 3.05) is 5.32 Å². The molecule has 2 aromatic rings. The number of benzene rings is 1. The smallest absolute Gasteiger partial charge is 0.128 e. The van der Waals surface area contributed by atoms with E-state index < -0.39 is 11.6 Å². The molecule has 0 aliphatic rings. The van der Waals surface area contributed by atoms with Crippen molar-refractivity contribution >= 4 is 5.69 Å². The number of rotatable bonds is 4. The van der Waals surface area contributed by atoms with Crippen LogP contribution in [0.15, 0.2) is 18.2 Å². The molecular weight excluding hydrogens is 272 g/mol. The summed E-state index contributed by atoms with van der Waals surface area (Å²) >= 11 is 0. The number of aromatic nitrogens is 2. The van der Waals surface area contributed by atoms with Crippen LogP contribution in [0.1, 0.15) is 49.8 Å². The van der Waals surface area contributed by atoms with Crippen LogP contribution in [0.25, 0.3) is 0 Å². The minimum atomic E-state index is -0.439. The molecule has 1 heterocycles. The van der Waals surface area contributed by atoms with E-state index in [-0.39, 0.29) is 12.1 Å². The monoisotopic (exact) mass is 293 g/mol. The van der Waals surface area contributed by atoms with Gasteiger partial charge in [0.25, 0.3) is 0 Å². The zero-order valence-corrected chi connectivity index (χ0v) is 13.0. The number of aryl methyl sites for hydroxylation is 1. The standard InChI is InChI=1S/C16H21F2N3/c1-9(2)21-12(5)16(11(4)20-21)19-10(3)14-8-13(17)6-7-15(14)18/h6-10,19H,1-5H3. The van der Waals surface area contributed by atoms with Gasteiger partial charge in [-0.25, -0.2) is 8.78 Å². The number of hydrogen-bond donors (Lipinski definition) is 1. The molecule has 0 saturated heterocycles. The lowest BCUT2D eigenvalue weighted by atomic mass is 10.1. The lowest BCUT2D eigenvalue weighted by Crippen LogP contribution is -2.11. The van der Waals surface area contributed by atoms with E-state index in [1.54, 1.807) is 0 Å². The van der Waals surface area contributed by atoms with E-state index in [0.29, 0.717) is 5.56 Å². The maximum absolute atomic E-state index is 13.8. The van der Waals surface area contributed by atoms with Gasteiger partial charge in [0, 0.05) is 11.6 Å². The Labute approximate surface area is 124 Å². The Morgan fingerprint density at radius 1 is 1.14 bits per heavy atom. The van der Waals surface area contributed by atoms with Crippen molar-refractivity contribution in [1.82, 2.24) is 9.78 Å². The summed E-state index contributed by atoms with van der Waals surface area (Å²) in [5.74, 6) is -0.852. The van der Waals surface area contributed by atoms with Crippen LogP contribution in [0.5, 0.6) is 0 Å². The van der Waals surface area contributed by atoms with Crippen LogP contribution in [0.2, 0.25) is 0 Å². The van der Waals surface area contributed by atoms with E-state index in [0.717, 1.165) is 29.2 Å². The fourth-order valence-electron chi connectivity index (χ4n) is 2.52. The molecule has 21 heavy (non-hydrogen) atoms. The zero-order valence-electron chi connectivity index (χ0n) is 13.0. The molecule has 1 aromatic carbocycles. The molecule has 2 rings (SSSR count). The Hall–Kier alpha value is -1.91. The summed E-state index contributed by atoms with van der Waals surface area (Å²) in [6.45, 7) is 9.79. The number of nitrogens with one attached hydrogen (secondary N) is 1. The number of anilines is 1. The molecule has 5 heteroatoms. The van der Waals surface area contributed by atoms with Crippen LogP contribution >= 0.6 is 0 Å². The normalized spacial score (nSPS) is 12.8. The summed E-state index contributed by atoms with van der Waals surface area (Å²) in [7, 11) is 0. The van der Waals surface area contributed by atoms with Crippen molar-refractivity contribution in [2.45, 2.75) is 46.7 Å². The van der Waals surface area contributed by atoms with Gasteiger partial charge >= 0.3 is 0 Å². The van der Waals surface area contributed by atoms with E-state index in [9.17, 15) is 8.78 Å². The molecule has 3 nitrogen and oxygen atoms in total. The van der Waals surface area contributed by atoms with Crippen molar-refractivity contribution in [1.29, 1.82) is 0 Å². The van der Waals surface area contributed by atoms with Gasteiger partial charge in [-0.15, -0.1) is 0 Å². The van der Waals surface area contributed by atoms with Gasteiger partial charge in [0.1, 0.15) is 11.6 Å². The highest BCUT2D eigenvalue weighted by Crippen LogP contribution is 2.28. The maximum atomic E-state index is 13.8. The van der Waals surface area contributed by atoms with Crippen molar-refractivity contribution in [3.05, 3.63) is 46.8 Å². The molecule has 1 atom stereocenters. The number of halogens is 2. The Morgan fingerprint density at radius 2 is 1.81 bits per heavy atom. The summed E-state index contributed by atoms with van der Waals surface area (Å²) in [5, 5.41) is 7.73. The van der Waals surface area contributed by atoms with Crippen LogP contribution in [0.4, 0.5) is 14.5 Å². The quantitative estimate of drug-likeness (QED) is 0.897. The third-order valence-corrected chi connectivity index (χ3v) is 3.60. The summed E-state index contributed by atoms with van der Waals surface area (Å²) < 4.78 is 29.1. The van der Waals surface area contributed by atoms with Crippen molar-refractivity contribution < 1.29 is 8.78 Å². The molecule has 0 spiro atoms. The van der Waals surface area contributed by atoms with Crippen LogP contribution < -0.4 is 5.32 Å². The minimum absolute atomic E-state index is 0.250. The summed E-state index contributed by atoms with van der Waals surface area (Å²) in [5.41, 5.74) is 3.03. The molecule has 1 aromatic heterocycles. The number of hydrogen-bond acceptors (Lipinski definition) is 2. The van der Waals surface area contributed by atoms with Crippen molar-refractivity contribution in [3.8, 4) is 0 Å². The summed E-state index contributed by atoms with van der Waals surface area (Å²) in [6.07, 6.45) is 0. The summed E-state index contributed by atoms with van der Waals surface area (Å²) in [6, 6.07) is 3.41. The Bertz CT molecular complexity index is 647. The third-order valence-electron chi connectivity index (χ3n) is 3.60. The number of nitrogens with zero attached hydrogens (tertiary/aromatic N) is 2. The second-order valence-corrected chi connectivity index (χ2v) is 5.62. The van der Waals surface area contributed by atoms with E-state index in [4.69, 9.17) is 0 Å². The van der Waals surface area contributed by atoms with Crippen LogP contribution in [-0.2, 0) is 0 Å². The molecule has 114 valence electrons. The summed E-state index contributed by atoms with van der Waals surface area (Å²) in [4.78, 5) is 0. The SMILES string of the molecule is Cc1nn(C(C)C)c(C)c1NC(C)c1cc(F)ccc1F. The van der Waals surface area contributed by atoms with Gasteiger partial charge in [-0.1, -0.05) is 0 Å². The first-order valence-electron chi connectivity index (χ1n) is 7.08. The second-order valence-electron chi connectivity index (χ2n) is 5.62. The molecular formula is C16H21F2N3. The first kappa shape index (κ1) is 15.5. The van der Waals surface area contributed by atoms with Gasteiger partial charge in [0.05, 0.1) is 23.1 Å². The Balaban J connectivity index is 2.32. The van der Waals surface area contributed by atoms with Gasteiger partial charge < -0.3 is 5.32 Å². The van der Waals surface area contributed by atoms with Crippen LogP contribution in [0, 0.1) is 25.5 Å². The lowest BCUT2D eigenvalue weighted by Gasteiger charge is -2.17. The molecule has 0 radical (unpaired) electrons. The molecule has 1 N–H and O–H groups in total. The molecule has 0 bridgehead atoms. The first-order valence-corrected chi connectivity index (χ1v) is 7.08. The highest BCUT2D eigenvalue weighted by atomic mass is 19.1.